The largest absolute Gasteiger partial charge is 0.457 e. The van der Waals surface area contributed by atoms with Gasteiger partial charge in [-0.3, -0.25) is 19.3 Å². The van der Waals surface area contributed by atoms with Gasteiger partial charge < -0.3 is 25.0 Å². The minimum absolute atomic E-state index is 0.0167. The van der Waals surface area contributed by atoms with Gasteiger partial charge in [0.2, 0.25) is 18.2 Å². The fourth-order valence-electron chi connectivity index (χ4n) is 4.00. The molecule has 3 aromatic carbocycles. The Balaban J connectivity index is 1.34. The van der Waals surface area contributed by atoms with E-state index in [9.17, 15) is 18.8 Å². The summed E-state index contributed by atoms with van der Waals surface area (Å²) in [7, 11) is 0. The first-order chi connectivity index (χ1) is 19.0. The molecule has 1 atom stereocenters. The molecule has 0 bridgehead atoms. The third-order valence-electron chi connectivity index (χ3n) is 6.14. The van der Waals surface area contributed by atoms with Crippen molar-refractivity contribution in [1.29, 1.82) is 0 Å². The Morgan fingerprint density at radius 3 is 2.18 bits per heavy atom. The smallest absolute Gasteiger partial charge is 0.249 e. The summed E-state index contributed by atoms with van der Waals surface area (Å²) in [6.07, 6.45) is 0.809. The Morgan fingerprint density at radius 1 is 0.897 bits per heavy atom. The van der Waals surface area contributed by atoms with Crippen molar-refractivity contribution >= 4 is 23.9 Å². The summed E-state index contributed by atoms with van der Waals surface area (Å²) in [5.74, 6) is -0.0739. The number of carbonyl (C=O) groups excluding carboxylic acids is 3. The summed E-state index contributed by atoms with van der Waals surface area (Å²) in [5, 5.41) is 5.60. The number of ether oxygens (including phenoxy) is 2. The summed E-state index contributed by atoms with van der Waals surface area (Å²) in [6.45, 7) is 2.68. The van der Waals surface area contributed by atoms with Gasteiger partial charge in [0.25, 0.3) is 0 Å². The fourth-order valence-corrected chi connectivity index (χ4v) is 4.00. The maximum Gasteiger partial charge on any atom is 0.249 e. The van der Waals surface area contributed by atoms with E-state index in [0.717, 1.165) is 12.0 Å². The van der Waals surface area contributed by atoms with Crippen LogP contribution in [0.4, 0.5) is 10.1 Å². The van der Waals surface area contributed by atoms with Gasteiger partial charge in [0.1, 0.15) is 23.4 Å². The number of benzene rings is 3. The van der Waals surface area contributed by atoms with Crippen molar-refractivity contribution in [2.75, 3.05) is 44.6 Å². The van der Waals surface area contributed by atoms with Crippen LogP contribution in [0.2, 0.25) is 0 Å². The van der Waals surface area contributed by atoms with Crippen LogP contribution in [0.3, 0.4) is 0 Å². The topological polar surface area (TPSA) is 100 Å². The number of rotatable bonds is 12. The number of nitrogens with zero attached hydrogens (tertiary/aromatic N) is 2. The highest BCUT2D eigenvalue weighted by Crippen LogP contribution is 2.23. The average molecular weight is 535 g/mol. The second kappa shape index (κ2) is 14.0. The summed E-state index contributed by atoms with van der Waals surface area (Å²) < 4.78 is 24.6. The molecule has 10 heteroatoms. The van der Waals surface area contributed by atoms with Crippen molar-refractivity contribution in [3.8, 4) is 11.5 Å². The van der Waals surface area contributed by atoms with Gasteiger partial charge in [0.05, 0.1) is 19.8 Å². The molecule has 1 heterocycles. The molecular weight excluding hydrogens is 503 g/mol. The Labute approximate surface area is 226 Å². The molecule has 1 fully saturated rings. The standard InChI is InChI=1S/C29H31FN4O5/c30-23-6-10-25(11-7-23)39-26-12-8-24(9-13-26)31-29(37)27(20-38-19-22-4-2-1-3-5-22)32-28(36)18-33-14-16-34(21-35)17-15-33/h1-13,21,27H,14-20H2,(H,31,37)(H,32,36)/t27-/m0/s1. The molecule has 0 aliphatic carbocycles. The molecular formula is C29H31FN4O5. The fraction of sp³-hybridized carbons (Fsp3) is 0.276. The Bertz CT molecular complexity index is 1220. The van der Waals surface area contributed by atoms with E-state index in [0.29, 0.717) is 50.0 Å². The van der Waals surface area contributed by atoms with Gasteiger partial charge in [0, 0.05) is 31.9 Å². The molecule has 1 aliphatic rings. The molecule has 9 nitrogen and oxygen atoms in total. The van der Waals surface area contributed by atoms with Crippen LogP contribution >= 0.6 is 0 Å². The van der Waals surface area contributed by atoms with E-state index in [4.69, 9.17) is 9.47 Å². The first-order valence-corrected chi connectivity index (χ1v) is 12.7. The Morgan fingerprint density at radius 2 is 1.54 bits per heavy atom. The van der Waals surface area contributed by atoms with E-state index in [1.807, 2.05) is 35.2 Å². The van der Waals surface area contributed by atoms with E-state index < -0.39 is 11.9 Å². The molecule has 2 N–H and O–H groups in total. The average Bonchev–Trinajstić information content (AvgIpc) is 2.95. The quantitative estimate of drug-likeness (QED) is 0.347. The number of carbonyl (C=O) groups is 3. The van der Waals surface area contributed by atoms with Crippen molar-refractivity contribution in [2.45, 2.75) is 12.6 Å². The van der Waals surface area contributed by atoms with Gasteiger partial charge in [-0.1, -0.05) is 30.3 Å². The van der Waals surface area contributed by atoms with Crippen LogP contribution in [-0.2, 0) is 25.7 Å². The van der Waals surface area contributed by atoms with Crippen LogP contribution in [0.5, 0.6) is 11.5 Å². The van der Waals surface area contributed by atoms with Crippen LogP contribution in [0.25, 0.3) is 0 Å². The van der Waals surface area contributed by atoms with Crippen molar-refractivity contribution in [3.63, 3.8) is 0 Å². The zero-order valence-electron chi connectivity index (χ0n) is 21.4. The first-order valence-electron chi connectivity index (χ1n) is 12.7. The van der Waals surface area contributed by atoms with Crippen LogP contribution in [0.1, 0.15) is 5.56 Å². The van der Waals surface area contributed by atoms with Gasteiger partial charge >= 0.3 is 0 Å². The zero-order valence-corrected chi connectivity index (χ0v) is 21.4. The molecule has 3 aromatic rings. The van der Waals surface area contributed by atoms with E-state index in [-0.39, 0.29) is 24.9 Å². The maximum atomic E-state index is 13.1. The highest BCUT2D eigenvalue weighted by atomic mass is 19.1. The SMILES string of the molecule is O=CN1CCN(CC(=O)N[C@@H](COCc2ccccc2)C(=O)Nc2ccc(Oc3ccc(F)cc3)cc2)CC1. The van der Waals surface area contributed by atoms with Crippen LogP contribution in [0.15, 0.2) is 78.9 Å². The van der Waals surface area contributed by atoms with Gasteiger partial charge in [-0.2, -0.15) is 0 Å². The van der Waals surface area contributed by atoms with Gasteiger partial charge in [-0.05, 0) is 54.1 Å². The number of nitrogens with one attached hydrogen (secondary N) is 2. The Kier molecular flexibility index (Phi) is 9.98. The molecule has 4 rings (SSSR count). The minimum atomic E-state index is -0.924. The van der Waals surface area contributed by atoms with Crippen molar-refractivity contribution in [2.24, 2.45) is 0 Å². The summed E-state index contributed by atoms with van der Waals surface area (Å²) in [6, 6.07) is 21.0. The number of amides is 3. The number of piperazine rings is 1. The van der Waals surface area contributed by atoms with Crippen molar-refractivity contribution in [1.82, 2.24) is 15.1 Å². The van der Waals surface area contributed by atoms with Crippen molar-refractivity contribution < 1.29 is 28.2 Å². The number of hydrogen-bond acceptors (Lipinski definition) is 6. The molecule has 204 valence electrons. The first kappa shape index (κ1) is 27.7. The molecule has 0 unspecified atom stereocenters. The lowest BCUT2D eigenvalue weighted by Crippen LogP contribution is -2.52. The summed E-state index contributed by atoms with van der Waals surface area (Å²) in [4.78, 5) is 40.5. The van der Waals surface area contributed by atoms with Gasteiger partial charge in [-0.25, -0.2) is 4.39 Å². The Hall–Kier alpha value is -4.28. The predicted octanol–water partition coefficient (Wildman–Crippen LogP) is 3.03. The molecule has 0 spiro atoms. The van der Waals surface area contributed by atoms with E-state index >= 15 is 0 Å². The molecule has 0 radical (unpaired) electrons. The normalized spacial score (nSPS) is 14.3. The van der Waals surface area contributed by atoms with Gasteiger partial charge in [-0.15, -0.1) is 0 Å². The van der Waals surface area contributed by atoms with E-state index in [1.54, 1.807) is 29.2 Å². The third-order valence-corrected chi connectivity index (χ3v) is 6.14. The predicted molar refractivity (Wildman–Crippen MR) is 144 cm³/mol. The van der Waals surface area contributed by atoms with E-state index in [1.165, 1.54) is 24.3 Å². The molecule has 3 amide bonds. The zero-order chi connectivity index (χ0) is 27.5. The highest BCUT2D eigenvalue weighted by Gasteiger charge is 2.24. The maximum absolute atomic E-state index is 13.1. The lowest BCUT2D eigenvalue weighted by atomic mass is 10.2. The lowest BCUT2D eigenvalue weighted by Gasteiger charge is -2.32. The molecule has 39 heavy (non-hydrogen) atoms. The number of anilines is 1. The number of hydrogen-bond donors (Lipinski definition) is 2. The van der Waals surface area contributed by atoms with Gasteiger partial charge in [0.15, 0.2) is 0 Å². The molecule has 0 aromatic heterocycles. The van der Waals surface area contributed by atoms with E-state index in [2.05, 4.69) is 10.6 Å². The third kappa shape index (κ3) is 8.91. The molecule has 1 aliphatic heterocycles. The monoisotopic (exact) mass is 534 g/mol. The summed E-state index contributed by atoms with van der Waals surface area (Å²) >= 11 is 0. The molecule has 0 saturated carbocycles. The van der Waals surface area contributed by atoms with Crippen LogP contribution in [-0.4, -0.2) is 73.4 Å². The minimum Gasteiger partial charge on any atom is -0.457 e. The lowest BCUT2D eigenvalue weighted by molar-refractivity contribution is -0.129. The second-order valence-electron chi connectivity index (χ2n) is 9.11. The highest BCUT2D eigenvalue weighted by molar-refractivity contribution is 5.97. The van der Waals surface area contributed by atoms with Crippen molar-refractivity contribution in [3.05, 3.63) is 90.2 Å². The number of halogens is 1. The summed E-state index contributed by atoms with van der Waals surface area (Å²) in [5.41, 5.74) is 1.46. The second-order valence-corrected chi connectivity index (χ2v) is 9.11. The van der Waals surface area contributed by atoms with Crippen LogP contribution in [0, 0.1) is 5.82 Å². The molecule has 1 saturated heterocycles. The van der Waals surface area contributed by atoms with Crippen LogP contribution < -0.4 is 15.4 Å².